The van der Waals surface area contributed by atoms with E-state index in [-0.39, 0.29) is 18.3 Å². The van der Waals surface area contributed by atoms with Crippen LogP contribution in [0, 0.1) is 5.82 Å². The first-order valence-corrected chi connectivity index (χ1v) is 6.90. The zero-order chi connectivity index (χ0) is 14.7. The summed E-state index contributed by atoms with van der Waals surface area (Å²) in [5, 5.41) is 3.35. The first-order chi connectivity index (χ1) is 9.47. The lowest BCUT2D eigenvalue weighted by Crippen LogP contribution is -2.34. The molecule has 1 aromatic carbocycles. The van der Waals surface area contributed by atoms with Crippen LogP contribution in [0.25, 0.3) is 0 Å². The molecule has 1 aromatic rings. The van der Waals surface area contributed by atoms with E-state index in [0.717, 1.165) is 5.56 Å². The second-order valence-electron chi connectivity index (χ2n) is 5.59. The van der Waals surface area contributed by atoms with Gasteiger partial charge in [0, 0.05) is 33.7 Å². The Hall–Kier alpha value is -1.62. The molecule has 0 saturated heterocycles. The molecule has 2 rings (SSSR count). The van der Waals surface area contributed by atoms with Crippen molar-refractivity contribution in [2.24, 2.45) is 0 Å². The van der Waals surface area contributed by atoms with E-state index in [4.69, 9.17) is 0 Å². The predicted octanol–water partition coefficient (Wildman–Crippen LogP) is 1.60. The van der Waals surface area contributed by atoms with E-state index in [9.17, 15) is 9.18 Å². The Bertz CT molecular complexity index is 486. The summed E-state index contributed by atoms with van der Waals surface area (Å²) >= 11 is 0. The summed E-state index contributed by atoms with van der Waals surface area (Å²) in [4.78, 5) is 14.8. The number of rotatable bonds is 6. The SMILES string of the molecule is CN(C)C(=O)CN(C)c1ccc(CNC2CC2)cc1F. The van der Waals surface area contributed by atoms with Gasteiger partial charge in [-0.1, -0.05) is 6.07 Å². The van der Waals surface area contributed by atoms with E-state index in [0.29, 0.717) is 18.3 Å². The van der Waals surface area contributed by atoms with Gasteiger partial charge in [0.2, 0.25) is 5.91 Å². The maximum Gasteiger partial charge on any atom is 0.241 e. The first kappa shape index (κ1) is 14.8. The standard InChI is InChI=1S/C15H22FN3O/c1-18(2)15(20)10-19(3)14-7-4-11(8-13(14)16)9-17-12-5-6-12/h4,7-8,12,17H,5-6,9-10H2,1-3H3. The zero-order valence-corrected chi connectivity index (χ0v) is 12.3. The van der Waals surface area contributed by atoms with Gasteiger partial charge in [0.1, 0.15) is 5.82 Å². The van der Waals surface area contributed by atoms with Crippen LogP contribution in [0.15, 0.2) is 18.2 Å². The monoisotopic (exact) mass is 279 g/mol. The molecule has 5 heteroatoms. The fourth-order valence-electron chi connectivity index (χ4n) is 1.95. The molecule has 1 amide bonds. The van der Waals surface area contributed by atoms with E-state index < -0.39 is 0 Å². The number of halogens is 1. The van der Waals surface area contributed by atoms with Gasteiger partial charge in [-0.2, -0.15) is 0 Å². The molecular weight excluding hydrogens is 257 g/mol. The number of nitrogens with one attached hydrogen (secondary N) is 1. The Kier molecular flexibility index (Phi) is 4.60. The van der Waals surface area contributed by atoms with Crippen molar-refractivity contribution in [3.63, 3.8) is 0 Å². The zero-order valence-electron chi connectivity index (χ0n) is 12.3. The van der Waals surface area contributed by atoms with Crippen LogP contribution in [0.5, 0.6) is 0 Å². The Balaban J connectivity index is 1.98. The number of nitrogens with zero attached hydrogens (tertiary/aromatic N) is 2. The molecule has 110 valence electrons. The van der Waals surface area contributed by atoms with Crippen molar-refractivity contribution in [2.75, 3.05) is 32.6 Å². The molecule has 0 aliphatic heterocycles. The molecule has 0 radical (unpaired) electrons. The molecule has 1 aliphatic carbocycles. The van der Waals surface area contributed by atoms with E-state index in [1.54, 1.807) is 38.2 Å². The lowest BCUT2D eigenvalue weighted by molar-refractivity contribution is -0.127. The summed E-state index contributed by atoms with van der Waals surface area (Å²) in [5.41, 5.74) is 1.39. The third kappa shape index (κ3) is 3.93. The molecule has 0 spiro atoms. The quantitative estimate of drug-likeness (QED) is 0.859. The molecule has 0 atom stereocenters. The second kappa shape index (κ2) is 6.22. The van der Waals surface area contributed by atoms with Gasteiger partial charge in [-0.25, -0.2) is 4.39 Å². The van der Waals surface area contributed by atoms with Gasteiger partial charge in [-0.3, -0.25) is 4.79 Å². The highest BCUT2D eigenvalue weighted by Gasteiger charge is 2.20. The van der Waals surface area contributed by atoms with Crippen molar-refractivity contribution in [1.82, 2.24) is 10.2 Å². The number of amides is 1. The molecule has 4 nitrogen and oxygen atoms in total. The summed E-state index contributed by atoms with van der Waals surface area (Å²) in [6.07, 6.45) is 2.44. The van der Waals surface area contributed by atoms with Crippen molar-refractivity contribution in [1.29, 1.82) is 0 Å². The lowest BCUT2D eigenvalue weighted by Gasteiger charge is -2.21. The highest BCUT2D eigenvalue weighted by Crippen LogP contribution is 2.22. The number of carbonyl (C=O) groups excluding carboxylic acids is 1. The average molecular weight is 279 g/mol. The van der Waals surface area contributed by atoms with Gasteiger partial charge in [0.25, 0.3) is 0 Å². The summed E-state index contributed by atoms with van der Waals surface area (Å²) in [6.45, 7) is 0.867. The molecule has 0 unspecified atom stereocenters. The maximum atomic E-state index is 14.1. The summed E-state index contributed by atoms with van der Waals surface area (Å²) < 4.78 is 14.1. The van der Waals surface area contributed by atoms with Gasteiger partial charge in [-0.15, -0.1) is 0 Å². The number of hydrogen-bond donors (Lipinski definition) is 1. The molecule has 20 heavy (non-hydrogen) atoms. The van der Waals surface area contributed by atoms with Crippen molar-refractivity contribution in [3.8, 4) is 0 Å². The van der Waals surface area contributed by atoms with Crippen LogP contribution in [0.1, 0.15) is 18.4 Å². The van der Waals surface area contributed by atoms with Crippen LogP contribution in [-0.4, -0.2) is 44.5 Å². The molecule has 0 aromatic heterocycles. The molecule has 0 bridgehead atoms. The smallest absolute Gasteiger partial charge is 0.241 e. The normalized spacial score (nSPS) is 14.2. The highest BCUT2D eigenvalue weighted by molar-refractivity contribution is 5.80. The maximum absolute atomic E-state index is 14.1. The topological polar surface area (TPSA) is 35.6 Å². The van der Waals surface area contributed by atoms with Gasteiger partial charge in [0.15, 0.2) is 0 Å². The van der Waals surface area contributed by atoms with Crippen molar-refractivity contribution >= 4 is 11.6 Å². The van der Waals surface area contributed by atoms with Crippen LogP contribution in [0.3, 0.4) is 0 Å². The fraction of sp³-hybridized carbons (Fsp3) is 0.533. The van der Waals surface area contributed by atoms with Crippen LogP contribution >= 0.6 is 0 Å². The van der Waals surface area contributed by atoms with Crippen molar-refractivity contribution < 1.29 is 9.18 Å². The molecule has 0 heterocycles. The number of benzene rings is 1. The lowest BCUT2D eigenvalue weighted by atomic mass is 10.2. The van der Waals surface area contributed by atoms with Gasteiger partial charge >= 0.3 is 0 Å². The van der Waals surface area contributed by atoms with E-state index in [1.807, 2.05) is 6.07 Å². The average Bonchev–Trinajstić information content (AvgIpc) is 3.20. The van der Waals surface area contributed by atoms with Gasteiger partial charge in [0.05, 0.1) is 12.2 Å². The molecule has 1 saturated carbocycles. The van der Waals surface area contributed by atoms with Gasteiger partial charge in [-0.05, 0) is 30.5 Å². The third-order valence-electron chi connectivity index (χ3n) is 3.47. The largest absolute Gasteiger partial charge is 0.363 e. The van der Waals surface area contributed by atoms with Crippen molar-refractivity contribution in [2.45, 2.75) is 25.4 Å². The molecule has 1 aliphatic rings. The Morgan fingerprint density at radius 3 is 2.60 bits per heavy atom. The second-order valence-corrected chi connectivity index (χ2v) is 5.59. The number of hydrogen-bond acceptors (Lipinski definition) is 3. The van der Waals surface area contributed by atoms with Crippen LogP contribution in [0.4, 0.5) is 10.1 Å². The Morgan fingerprint density at radius 2 is 2.05 bits per heavy atom. The van der Waals surface area contributed by atoms with E-state index in [1.165, 1.54) is 17.7 Å². The van der Waals surface area contributed by atoms with E-state index >= 15 is 0 Å². The molecule has 1 fully saturated rings. The predicted molar refractivity (Wildman–Crippen MR) is 78.2 cm³/mol. The van der Waals surface area contributed by atoms with E-state index in [2.05, 4.69) is 5.32 Å². The fourth-order valence-corrected chi connectivity index (χ4v) is 1.95. The highest BCUT2D eigenvalue weighted by atomic mass is 19.1. The van der Waals surface area contributed by atoms with Crippen LogP contribution < -0.4 is 10.2 Å². The van der Waals surface area contributed by atoms with Crippen LogP contribution in [-0.2, 0) is 11.3 Å². The number of carbonyl (C=O) groups is 1. The summed E-state index contributed by atoms with van der Waals surface area (Å²) in [6, 6.07) is 5.80. The van der Waals surface area contributed by atoms with Crippen LogP contribution in [0.2, 0.25) is 0 Å². The minimum absolute atomic E-state index is 0.0497. The van der Waals surface area contributed by atoms with Gasteiger partial charge < -0.3 is 15.1 Å². The molecular formula is C15H22FN3O. The first-order valence-electron chi connectivity index (χ1n) is 6.90. The number of anilines is 1. The minimum atomic E-state index is -0.283. The molecule has 1 N–H and O–H groups in total. The third-order valence-corrected chi connectivity index (χ3v) is 3.47. The Morgan fingerprint density at radius 1 is 1.35 bits per heavy atom. The summed E-state index contributed by atoms with van der Waals surface area (Å²) in [5.74, 6) is -0.333. The summed E-state index contributed by atoms with van der Waals surface area (Å²) in [7, 11) is 5.11. The number of likely N-dealkylation sites (N-methyl/N-ethyl adjacent to an activating group) is 2. The van der Waals surface area contributed by atoms with Crippen molar-refractivity contribution in [3.05, 3.63) is 29.6 Å². The minimum Gasteiger partial charge on any atom is -0.363 e. The Labute approximate surface area is 119 Å².